The monoisotopic (exact) mass is 302 g/mol. The fraction of sp³-hybridized carbons (Fsp3) is 0.500. The SMILES string of the molecule is CCSc1cccc(N(CC(F)(F)F)C(C)C)c1C#N. The van der Waals surface area contributed by atoms with E-state index in [1.807, 2.05) is 13.0 Å². The Morgan fingerprint density at radius 1 is 1.35 bits per heavy atom. The smallest absolute Gasteiger partial charge is 0.359 e. The van der Waals surface area contributed by atoms with E-state index >= 15 is 0 Å². The summed E-state index contributed by atoms with van der Waals surface area (Å²) in [5, 5.41) is 9.28. The number of hydrogen-bond acceptors (Lipinski definition) is 3. The van der Waals surface area contributed by atoms with Gasteiger partial charge in [-0.15, -0.1) is 11.8 Å². The standard InChI is InChI=1S/C14H17F3N2S/c1-4-20-13-7-5-6-12(11(13)8-18)19(10(2)3)9-14(15,16)17/h5-7,10H,4,9H2,1-3H3. The molecule has 0 heterocycles. The molecule has 1 rings (SSSR count). The Morgan fingerprint density at radius 2 is 2.00 bits per heavy atom. The van der Waals surface area contributed by atoms with E-state index in [9.17, 15) is 18.4 Å². The third kappa shape index (κ3) is 4.34. The predicted octanol–water partition coefficient (Wildman–Crippen LogP) is 4.45. The van der Waals surface area contributed by atoms with E-state index in [4.69, 9.17) is 0 Å². The van der Waals surface area contributed by atoms with Gasteiger partial charge in [-0.2, -0.15) is 18.4 Å². The lowest BCUT2D eigenvalue weighted by atomic mass is 10.1. The lowest BCUT2D eigenvalue weighted by Crippen LogP contribution is -2.39. The normalized spacial score (nSPS) is 11.5. The highest BCUT2D eigenvalue weighted by Crippen LogP contribution is 2.32. The zero-order valence-corrected chi connectivity index (χ0v) is 12.5. The van der Waals surface area contributed by atoms with Gasteiger partial charge in [0.25, 0.3) is 0 Å². The summed E-state index contributed by atoms with van der Waals surface area (Å²) in [6.07, 6.45) is -4.30. The quantitative estimate of drug-likeness (QED) is 0.752. The highest BCUT2D eigenvalue weighted by Gasteiger charge is 2.33. The van der Waals surface area contributed by atoms with E-state index in [2.05, 4.69) is 0 Å². The van der Waals surface area contributed by atoms with E-state index in [1.165, 1.54) is 16.7 Å². The molecule has 110 valence electrons. The molecule has 0 spiro atoms. The molecule has 0 saturated carbocycles. The number of thioether (sulfide) groups is 1. The van der Waals surface area contributed by atoms with E-state index in [0.29, 0.717) is 11.3 Å². The third-order valence-electron chi connectivity index (χ3n) is 2.70. The Morgan fingerprint density at radius 3 is 2.45 bits per heavy atom. The average molecular weight is 302 g/mol. The molecule has 0 aliphatic carbocycles. The third-order valence-corrected chi connectivity index (χ3v) is 3.64. The summed E-state index contributed by atoms with van der Waals surface area (Å²) in [6, 6.07) is 6.73. The number of nitriles is 1. The van der Waals surface area contributed by atoms with Gasteiger partial charge in [-0.05, 0) is 31.7 Å². The first-order chi connectivity index (χ1) is 9.30. The van der Waals surface area contributed by atoms with Crippen molar-refractivity contribution in [1.29, 1.82) is 5.26 Å². The highest BCUT2D eigenvalue weighted by atomic mass is 32.2. The zero-order chi connectivity index (χ0) is 15.3. The van der Waals surface area contributed by atoms with Crippen molar-refractivity contribution in [2.24, 2.45) is 0 Å². The van der Waals surface area contributed by atoms with Crippen LogP contribution >= 0.6 is 11.8 Å². The second-order valence-corrected chi connectivity index (χ2v) is 5.84. The second-order valence-electron chi connectivity index (χ2n) is 4.53. The van der Waals surface area contributed by atoms with E-state index in [1.54, 1.807) is 32.0 Å². The minimum Gasteiger partial charge on any atom is -0.359 e. The summed E-state index contributed by atoms with van der Waals surface area (Å²) in [7, 11) is 0. The summed E-state index contributed by atoms with van der Waals surface area (Å²) < 4.78 is 38.1. The van der Waals surface area contributed by atoms with Crippen LogP contribution < -0.4 is 4.90 Å². The number of alkyl halides is 3. The maximum absolute atomic E-state index is 12.7. The molecular weight excluding hydrogens is 285 g/mol. The van der Waals surface area contributed by atoms with Crippen LogP contribution in [-0.2, 0) is 0 Å². The van der Waals surface area contributed by atoms with Crippen LogP contribution in [0.5, 0.6) is 0 Å². The van der Waals surface area contributed by atoms with Crippen LogP contribution in [0.15, 0.2) is 23.1 Å². The Hall–Kier alpha value is -1.35. The fourth-order valence-corrected chi connectivity index (χ4v) is 2.67. The molecule has 2 nitrogen and oxygen atoms in total. The van der Waals surface area contributed by atoms with Crippen LogP contribution in [-0.4, -0.2) is 24.5 Å². The van der Waals surface area contributed by atoms with Crippen LogP contribution in [0.1, 0.15) is 26.3 Å². The summed E-state index contributed by atoms with van der Waals surface area (Å²) in [4.78, 5) is 1.94. The molecule has 1 aromatic rings. The minimum absolute atomic E-state index is 0.317. The molecule has 20 heavy (non-hydrogen) atoms. The first-order valence-corrected chi connectivity index (χ1v) is 7.28. The summed E-state index contributed by atoms with van der Waals surface area (Å²) in [5.41, 5.74) is 0.663. The summed E-state index contributed by atoms with van der Waals surface area (Å²) in [6.45, 7) is 4.26. The fourth-order valence-electron chi connectivity index (χ4n) is 1.89. The molecule has 0 aliphatic heterocycles. The molecule has 0 radical (unpaired) electrons. The molecule has 6 heteroatoms. The van der Waals surface area contributed by atoms with Crippen LogP contribution in [0, 0.1) is 11.3 Å². The summed E-state index contributed by atoms with van der Waals surface area (Å²) >= 11 is 1.46. The second kappa shape index (κ2) is 6.89. The Kier molecular flexibility index (Phi) is 5.75. The topological polar surface area (TPSA) is 27.0 Å². The van der Waals surface area contributed by atoms with Crippen molar-refractivity contribution in [2.45, 2.75) is 37.9 Å². The largest absolute Gasteiger partial charge is 0.405 e. The van der Waals surface area contributed by atoms with Crippen LogP contribution in [0.25, 0.3) is 0 Å². The van der Waals surface area contributed by atoms with Gasteiger partial charge in [0.15, 0.2) is 0 Å². The maximum atomic E-state index is 12.7. The van der Waals surface area contributed by atoms with Crippen LogP contribution in [0.2, 0.25) is 0 Å². The first kappa shape index (κ1) is 16.7. The number of nitrogens with zero attached hydrogens (tertiary/aromatic N) is 2. The highest BCUT2D eigenvalue weighted by molar-refractivity contribution is 7.99. The van der Waals surface area contributed by atoms with Gasteiger partial charge in [-0.25, -0.2) is 0 Å². The molecule has 0 bridgehead atoms. The Balaban J connectivity index is 3.27. The van der Waals surface area contributed by atoms with E-state index < -0.39 is 12.7 Å². The van der Waals surface area contributed by atoms with Crippen LogP contribution in [0.3, 0.4) is 0 Å². The zero-order valence-electron chi connectivity index (χ0n) is 11.7. The van der Waals surface area contributed by atoms with E-state index in [-0.39, 0.29) is 6.04 Å². The van der Waals surface area contributed by atoms with Crippen molar-refractivity contribution in [2.75, 3.05) is 17.2 Å². The van der Waals surface area contributed by atoms with Crippen molar-refractivity contribution >= 4 is 17.4 Å². The van der Waals surface area contributed by atoms with Crippen molar-refractivity contribution in [3.05, 3.63) is 23.8 Å². The average Bonchev–Trinajstić information content (AvgIpc) is 2.35. The predicted molar refractivity (Wildman–Crippen MR) is 76.1 cm³/mol. The van der Waals surface area contributed by atoms with Crippen molar-refractivity contribution in [3.63, 3.8) is 0 Å². The number of benzene rings is 1. The maximum Gasteiger partial charge on any atom is 0.405 e. The Bertz CT molecular complexity index is 492. The molecular formula is C14H17F3N2S. The van der Waals surface area contributed by atoms with E-state index in [0.717, 1.165) is 10.6 Å². The number of rotatable bonds is 5. The lowest BCUT2D eigenvalue weighted by molar-refractivity contribution is -0.120. The van der Waals surface area contributed by atoms with Gasteiger partial charge in [0.05, 0.1) is 11.3 Å². The van der Waals surface area contributed by atoms with Gasteiger partial charge < -0.3 is 4.90 Å². The molecule has 0 aromatic heterocycles. The van der Waals surface area contributed by atoms with Crippen LogP contribution in [0.4, 0.5) is 18.9 Å². The molecule has 0 aliphatic rings. The van der Waals surface area contributed by atoms with Crippen molar-refractivity contribution in [3.8, 4) is 6.07 Å². The number of hydrogen-bond donors (Lipinski definition) is 0. The van der Waals surface area contributed by atoms with Crippen molar-refractivity contribution < 1.29 is 13.2 Å². The van der Waals surface area contributed by atoms with Gasteiger partial charge in [0.1, 0.15) is 12.6 Å². The number of anilines is 1. The minimum atomic E-state index is -4.30. The molecule has 0 saturated heterocycles. The van der Waals surface area contributed by atoms with Gasteiger partial charge in [-0.3, -0.25) is 0 Å². The Labute approximate surface area is 121 Å². The number of halogens is 3. The molecule has 0 N–H and O–H groups in total. The molecule has 0 fully saturated rings. The van der Waals surface area contributed by atoms with Gasteiger partial charge in [0, 0.05) is 10.9 Å². The molecule has 0 unspecified atom stereocenters. The molecule has 0 atom stereocenters. The van der Waals surface area contributed by atoms with Gasteiger partial charge in [-0.1, -0.05) is 13.0 Å². The lowest BCUT2D eigenvalue weighted by Gasteiger charge is -2.31. The van der Waals surface area contributed by atoms with Gasteiger partial charge >= 0.3 is 6.18 Å². The first-order valence-electron chi connectivity index (χ1n) is 6.29. The van der Waals surface area contributed by atoms with Crippen molar-refractivity contribution in [1.82, 2.24) is 0 Å². The molecule has 0 amide bonds. The van der Waals surface area contributed by atoms with Gasteiger partial charge in [0.2, 0.25) is 0 Å². The summed E-state index contributed by atoms with van der Waals surface area (Å²) in [5.74, 6) is 0.763. The molecule has 1 aromatic carbocycles.